The lowest BCUT2D eigenvalue weighted by atomic mass is 10.2. The molecule has 1 N–H and O–H groups in total. The zero-order valence-electron chi connectivity index (χ0n) is 7.00. The van der Waals surface area contributed by atoms with Gasteiger partial charge in [-0.1, -0.05) is 23.2 Å². The number of pyridine rings is 1. The quantitative estimate of drug-likeness (QED) is 0.630. The molecular formula is C8H9Cl2NO2. The average Bonchev–Trinajstić information content (AvgIpc) is 2.03. The van der Waals surface area contributed by atoms with Gasteiger partial charge in [0, 0.05) is 12.2 Å². The van der Waals surface area contributed by atoms with Crippen molar-refractivity contribution in [3.05, 3.63) is 28.0 Å². The first-order valence-corrected chi connectivity index (χ1v) is 4.51. The lowest BCUT2D eigenvalue weighted by Gasteiger charge is -2.10. The Morgan fingerprint density at radius 2 is 2.00 bits per heavy atom. The third-order valence-electron chi connectivity index (χ3n) is 1.39. The largest absolute Gasteiger partial charge is 0.364 e. The number of ether oxygens (including phenoxy) is 1. The standard InChI is InChI=1S/C8H9Cl2NO2/c1-2-13-8(12)5-3-6(9)11-7(10)4-5/h3-4,8,12H,2H2,1H3. The second-order valence-corrected chi connectivity index (χ2v) is 3.13. The van der Waals surface area contributed by atoms with Crippen molar-refractivity contribution in [1.29, 1.82) is 0 Å². The van der Waals surface area contributed by atoms with Gasteiger partial charge in [-0.3, -0.25) is 0 Å². The smallest absolute Gasteiger partial charge is 0.181 e. The number of halogens is 2. The summed E-state index contributed by atoms with van der Waals surface area (Å²) in [6, 6.07) is 3.02. The van der Waals surface area contributed by atoms with E-state index in [9.17, 15) is 5.11 Å². The fourth-order valence-corrected chi connectivity index (χ4v) is 1.36. The summed E-state index contributed by atoms with van der Waals surface area (Å²) in [4.78, 5) is 3.74. The molecule has 3 nitrogen and oxygen atoms in total. The van der Waals surface area contributed by atoms with Crippen LogP contribution in [-0.2, 0) is 4.74 Å². The zero-order chi connectivity index (χ0) is 9.84. The molecule has 0 aliphatic carbocycles. The number of rotatable bonds is 3. The van der Waals surface area contributed by atoms with E-state index in [-0.39, 0.29) is 10.3 Å². The summed E-state index contributed by atoms with van der Waals surface area (Å²) in [6.45, 7) is 2.20. The summed E-state index contributed by atoms with van der Waals surface area (Å²) >= 11 is 11.3. The molecule has 1 aromatic rings. The van der Waals surface area contributed by atoms with Gasteiger partial charge in [0.05, 0.1) is 0 Å². The molecular weight excluding hydrogens is 213 g/mol. The molecule has 0 spiro atoms. The van der Waals surface area contributed by atoms with Crippen LogP contribution in [0.4, 0.5) is 0 Å². The van der Waals surface area contributed by atoms with Crippen molar-refractivity contribution >= 4 is 23.2 Å². The summed E-state index contributed by atoms with van der Waals surface area (Å²) in [7, 11) is 0. The van der Waals surface area contributed by atoms with E-state index in [2.05, 4.69) is 4.98 Å². The van der Waals surface area contributed by atoms with Crippen molar-refractivity contribution < 1.29 is 9.84 Å². The van der Waals surface area contributed by atoms with Crippen LogP contribution in [0.25, 0.3) is 0 Å². The zero-order valence-corrected chi connectivity index (χ0v) is 8.51. The van der Waals surface area contributed by atoms with Gasteiger partial charge in [0.15, 0.2) is 6.29 Å². The van der Waals surface area contributed by atoms with E-state index in [4.69, 9.17) is 27.9 Å². The van der Waals surface area contributed by atoms with Crippen LogP contribution in [0, 0.1) is 0 Å². The highest BCUT2D eigenvalue weighted by atomic mass is 35.5. The van der Waals surface area contributed by atoms with Crippen LogP contribution >= 0.6 is 23.2 Å². The molecule has 0 fully saturated rings. The second kappa shape index (κ2) is 4.77. The van der Waals surface area contributed by atoms with E-state index in [0.29, 0.717) is 12.2 Å². The molecule has 1 atom stereocenters. The van der Waals surface area contributed by atoms with Crippen LogP contribution in [0.3, 0.4) is 0 Å². The highest BCUT2D eigenvalue weighted by molar-refractivity contribution is 6.32. The molecule has 0 aromatic carbocycles. The monoisotopic (exact) mass is 221 g/mol. The Bertz CT molecular complexity index is 273. The summed E-state index contributed by atoms with van der Waals surface area (Å²) in [5.41, 5.74) is 0.506. The van der Waals surface area contributed by atoms with E-state index < -0.39 is 6.29 Å². The van der Waals surface area contributed by atoms with Crippen molar-refractivity contribution in [2.24, 2.45) is 0 Å². The molecule has 1 unspecified atom stereocenters. The van der Waals surface area contributed by atoms with Gasteiger partial charge in [0.1, 0.15) is 10.3 Å². The first-order chi connectivity index (χ1) is 6.13. The molecule has 0 saturated carbocycles. The average molecular weight is 222 g/mol. The molecule has 5 heteroatoms. The fraction of sp³-hybridized carbons (Fsp3) is 0.375. The van der Waals surface area contributed by atoms with Crippen LogP contribution in [0.2, 0.25) is 10.3 Å². The van der Waals surface area contributed by atoms with Crippen molar-refractivity contribution in [1.82, 2.24) is 4.98 Å². The minimum atomic E-state index is -0.997. The Morgan fingerprint density at radius 1 is 1.46 bits per heavy atom. The van der Waals surface area contributed by atoms with E-state index in [1.807, 2.05) is 0 Å². The maximum atomic E-state index is 9.40. The fourth-order valence-electron chi connectivity index (χ4n) is 0.880. The molecule has 72 valence electrons. The molecule has 13 heavy (non-hydrogen) atoms. The molecule has 0 aliphatic heterocycles. The number of aromatic nitrogens is 1. The van der Waals surface area contributed by atoms with Crippen molar-refractivity contribution in [3.63, 3.8) is 0 Å². The molecule has 0 bridgehead atoms. The number of hydrogen-bond donors (Lipinski definition) is 1. The highest BCUT2D eigenvalue weighted by Gasteiger charge is 2.08. The van der Waals surface area contributed by atoms with Gasteiger partial charge >= 0.3 is 0 Å². The highest BCUT2D eigenvalue weighted by Crippen LogP contribution is 2.20. The van der Waals surface area contributed by atoms with Crippen LogP contribution in [0.15, 0.2) is 12.1 Å². The van der Waals surface area contributed by atoms with Crippen LogP contribution in [0.1, 0.15) is 18.8 Å². The maximum absolute atomic E-state index is 9.40. The second-order valence-electron chi connectivity index (χ2n) is 2.35. The molecule has 0 saturated heterocycles. The van der Waals surface area contributed by atoms with Crippen LogP contribution < -0.4 is 0 Å². The number of nitrogens with zero attached hydrogens (tertiary/aromatic N) is 1. The summed E-state index contributed by atoms with van der Waals surface area (Å²) in [5.74, 6) is 0. The summed E-state index contributed by atoms with van der Waals surface area (Å²) in [6.07, 6.45) is -0.997. The molecule has 0 aliphatic rings. The van der Waals surface area contributed by atoms with Crippen LogP contribution in [0.5, 0.6) is 0 Å². The van der Waals surface area contributed by atoms with Gasteiger partial charge < -0.3 is 9.84 Å². The van der Waals surface area contributed by atoms with Crippen LogP contribution in [-0.4, -0.2) is 16.7 Å². The summed E-state index contributed by atoms with van der Waals surface area (Å²) < 4.78 is 4.95. The van der Waals surface area contributed by atoms with Gasteiger partial charge in [0.2, 0.25) is 0 Å². The van der Waals surface area contributed by atoms with Gasteiger partial charge in [-0.15, -0.1) is 0 Å². The van der Waals surface area contributed by atoms with Gasteiger partial charge in [0.25, 0.3) is 0 Å². The van der Waals surface area contributed by atoms with E-state index >= 15 is 0 Å². The lowest BCUT2D eigenvalue weighted by Crippen LogP contribution is -2.03. The van der Waals surface area contributed by atoms with E-state index in [1.165, 1.54) is 12.1 Å². The molecule has 1 aromatic heterocycles. The molecule has 0 radical (unpaired) electrons. The summed E-state index contributed by atoms with van der Waals surface area (Å²) in [5, 5.41) is 9.88. The lowest BCUT2D eigenvalue weighted by molar-refractivity contribution is -0.0980. The number of hydrogen-bond acceptors (Lipinski definition) is 3. The maximum Gasteiger partial charge on any atom is 0.181 e. The third-order valence-corrected chi connectivity index (χ3v) is 1.78. The Labute approximate surface area is 86.3 Å². The topological polar surface area (TPSA) is 42.4 Å². The predicted octanol–water partition coefficient (Wildman–Crippen LogP) is 2.42. The molecule has 1 heterocycles. The van der Waals surface area contributed by atoms with Gasteiger partial charge in [-0.25, -0.2) is 4.98 Å². The Morgan fingerprint density at radius 3 is 2.46 bits per heavy atom. The van der Waals surface area contributed by atoms with E-state index in [0.717, 1.165) is 0 Å². The van der Waals surface area contributed by atoms with Crippen molar-refractivity contribution in [2.45, 2.75) is 13.2 Å². The Balaban J connectivity index is 2.87. The Hall–Kier alpha value is -0.350. The minimum absolute atomic E-state index is 0.237. The minimum Gasteiger partial charge on any atom is -0.364 e. The number of aliphatic hydroxyl groups excluding tert-OH is 1. The van der Waals surface area contributed by atoms with Crippen molar-refractivity contribution in [3.8, 4) is 0 Å². The third kappa shape index (κ3) is 3.12. The predicted molar refractivity (Wildman–Crippen MR) is 50.8 cm³/mol. The first kappa shape index (κ1) is 10.7. The molecule has 0 amide bonds. The van der Waals surface area contributed by atoms with Crippen molar-refractivity contribution in [2.75, 3.05) is 6.61 Å². The van der Waals surface area contributed by atoms with Gasteiger partial charge in [-0.2, -0.15) is 0 Å². The van der Waals surface area contributed by atoms with Gasteiger partial charge in [-0.05, 0) is 19.1 Å². The Kier molecular flexibility index (Phi) is 3.93. The normalized spacial score (nSPS) is 12.9. The SMILES string of the molecule is CCOC(O)c1cc(Cl)nc(Cl)c1. The number of aliphatic hydroxyl groups is 1. The molecule has 1 rings (SSSR count). The van der Waals surface area contributed by atoms with E-state index in [1.54, 1.807) is 6.92 Å². The first-order valence-electron chi connectivity index (χ1n) is 3.76.